The van der Waals surface area contributed by atoms with Crippen LogP contribution < -0.4 is 21.5 Å². The maximum Gasteiger partial charge on any atom is 0.253 e. The van der Waals surface area contributed by atoms with Crippen molar-refractivity contribution in [1.29, 1.82) is 0 Å². The first-order chi connectivity index (χ1) is 30.7. The number of anilines is 1. The highest BCUT2D eigenvalue weighted by Gasteiger charge is 2.32. The van der Waals surface area contributed by atoms with Crippen molar-refractivity contribution in [2.45, 2.75) is 86.4 Å². The average Bonchev–Trinajstić information content (AvgIpc) is 3.92. The van der Waals surface area contributed by atoms with E-state index < -0.39 is 6.04 Å². The molecule has 1 aliphatic heterocycles. The van der Waals surface area contributed by atoms with Gasteiger partial charge in [-0.15, -0.1) is 21.5 Å². The molecule has 328 valence electrons. The molecule has 0 radical (unpaired) electrons. The number of aromatic nitrogens is 6. The molecule has 0 aliphatic carbocycles. The molecule has 0 saturated carbocycles. The van der Waals surface area contributed by atoms with Crippen LogP contribution in [-0.2, 0) is 16.1 Å². The van der Waals surface area contributed by atoms with Crippen LogP contribution in [0.3, 0.4) is 0 Å². The molecule has 0 spiro atoms. The number of rotatable bonds is 13. The SMILES string of the molecule is Cc1cc(C)c(CNC(=O)c2cc(-c3ccc(NC(=O)CCCNC(=O)C[C@@H]4N=C(c5ccc(Cl)cc5)c5c(sc(C)c5C)-n5c(C)nnc54)cc3)cc3c2cnn3C(C)C)c(=O)[nH]1. The maximum absolute atomic E-state index is 13.7. The Labute approximate surface area is 379 Å². The van der Waals surface area contributed by atoms with Gasteiger partial charge < -0.3 is 20.9 Å². The zero-order valence-electron chi connectivity index (χ0n) is 36.7. The number of carbonyl (C=O) groups excluding carboxylic acids is 3. The van der Waals surface area contributed by atoms with Gasteiger partial charge in [-0.25, -0.2) is 0 Å². The Hall–Kier alpha value is -6.71. The molecule has 0 unspecified atom stereocenters. The number of aryl methyl sites for hydroxylation is 4. The van der Waals surface area contributed by atoms with Crippen LogP contribution >= 0.6 is 22.9 Å². The van der Waals surface area contributed by atoms with Crippen LogP contribution in [-0.4, -0.2) is 59.5 Å². The van der Waals surface area contributed by atoms with Gasteiger partial charge in [0.2, 0.25) is 11.8 Å². The van der Waals surface area contributed by atoms with Gasteiger partial charge in [-0.1, -0.05) is 35.9 Å². The van der Waals surface area contributed by atoms with E-state index in [1.165, 1.54) is 0 Å². The quantitative estimate of drug-likeness (QED) is 0.0837. The number of thiophene rings is 1. The van der Waals surface area contributed by atoms with Crippen molar-refractivity contribution < 1.29 is 14.4 Å². The molecule has 5 heterocycles. The molecular formula is C48H49ClN10O4S. The molecule has 3 amide bonds. The lowest BCUT2D eigenvalue weighted by Gasteiger charge is -2.13. The third kappa shape index (κ3) is 8.90. The van der Waals surface area contributed by atoms with Crippen LogP contribution in [0.1, 0.15) is 106 Å². The smallest absolute Gasteiger partial charge is 0.253 e. The Kier molecular flexibility index (Phi) is 12.5. The largest absolute Gasteiger partial charge is 0.356 e. The number of fused-ring (bicyclic) bond motifs is 4. The van der Waals surface area contributed by atoms with Gasteiger partial charge in [0.1, 0.15) is 16.9 Å². The zero-order chi connectivity index (χ0) is 45.4. The summed E-state index contributed by atoms with van der Waals surface area (Å²) in [5, 5.41) is 24.6. The zero-order valence-corrected chi connectivity index (χ0v) is 38.3. The number of pyridine rings is 1. The monoisotopic (exact) mass is 896 g/mol. The number of amides is 3. The first kappa shape index (κ1) is 43.9. The summed E-state index contributed by atoms with van der Waals surface area (Å²) in [6.07, 6.45) is 2.37. The first-order valence-corrected chi connectivity index (χ1v) is 22.4. The topological polar surface area (TPSA) is 181 Å². The van der Waals surface area contributed by atoms with E-state index in [-0.39, 0.29) is 48.7 Å². The Morgan fingerprint density at radius 2 is 1.62 bits per heavy atom. The lowest BCUT2D eigenvalue weighted by Crippen LogP contribution is -2.28. The van der Waals surface area contributed by atoms with Gasteiger partial charge in [-0.2, -0.15) is 5.10 Å². The fourth-order valence-corrected chi connectivity index (χ4v) is 9.44. The van der Waals surface area contributed by atoms with Crippen molar-refractivity contribution in [2.75, 3.05) is 11.9 Å². The average molecular weight is 898 g/mol. The van der Waals surface area contributed by atoms with Crippen LogP contribution in [0.25, 0.3) is 27.0 Å². The van der Waals surface area contributed by atoms with Gasteiger partial charge in [-0.3, -0.25) is 33.4 Å². The number of hydrogen-bond donors (Lipinski definition) is 4. The van der Waals surface area contributed by atoms with Gasteiger partial charge >= 0.3 is 0 Å². The van der Waals surface area contributed by atoms with E-state index in [0.29, 0.717) is 51.8 Å². The Bertz CT molecular complexity index is 3030. The van der Waals surface area contributed by atoms with Crippen LogP contribution in [0.4, 0.5) is 5.69 Å². The highest BCUT2D eigenvalue weighted by molar-refractivity contribution is 7.15. The summed E-state index contributed by atoms with van der Waals surface area (Å²) >= 11 is 7.90. The number of aliphatic imine (C=N–C) groups is 1. The van der Waals surface area contributed by atoms with Crippen LogP contribution in [0.15, 0.2) is 82.7 Å². The highest BCUT2D eigenvalue weighted by Crippen LogP contribution is 2.40. The van der Waals surface area contributed by atoms with Crippen LogP contribution in [0, 0.1) is 34.6 Å². The molecule has 0 saturated heterocycles. The number of nitrogens with zero attached hydrogens (tertiary/aromatic N) is 6. The third-order valence-corrected chi connectivity index (χ3v) is 13.0. The van der Waals surface area contributed by atoms with E-state index in [1.807, 2.05) is 111 Å². The number of halogens is 1. The molecule has 64 heavy (non-hydrogen) atoms. The van der Waals surface area contributed by atoms with Crippen LogP contribution in [0.2, 0.25) is 5.02 Å². The Morgan fingerprint density at radius 3 is 2.34 bits per heavy atom. The summed E-state index contributed by atoms with van der Waals surface area (Å²) in [6.45, 7) is 14.2. The lowest BCUT2D eigenvalue weighted by atomic mass is 9.99. The van der Waals surface area contributed by atoms with Crippen LogP contribution in [0.5, 0.6) is 0 Å². The minimum Gasteiger partial charge on any atom is -0.356 e. The number of hydrogen-bond acceptors (Lipinski definition) is 9. The number of benzene rings is 3. The molecule has 4 aromatic heterocycles. The van der Waals surface area contributed by atoms with E-state index in [4.69, 9.17) is 16.6 Å². The van der Waals surface area contributed by atoms with Crippen molar-refractivity contribution >= 4 is 63.0 Å². The minimum atomic E-state index is -0.596. The fourth-order valence-electron chi connectivity index (χ4n) is 8.10. The summed E-state index contributed by atoms with van der Waals surface area (Å²) in [7, 11) is 0. The normalized spacial score (nSPS) is 13.3. The van der Waals surface area contributed by atoms with Crippen molar-refractivity contribution in [3.05, 3.63) is 144 Å². The van der Waals surface area contributed by atoms with Crippen molar-refractivity contribution in [3.8, 4) is 16.1 Å². The molecule has 3 aromatic carbocycles. The van der Waals surface area contributed by atoms with E-state index in [1.54, 1.807) is 17.5 Å². The molecule has 4 N–H and O–H groups in total. The predicted octanol–water partition coefficient (Wildman–Crippen LogP) is 8.56. The molecule has 14 nitrogen and oxygen atoms in total. The molecule has 8 rings (SSSR count). The Morgan fingerprint density at radius 1 is 0.891 bits per heavy atom. The van der Waals surface area contributed by atoms with E-state index in [0.717, 1.165) is 60.2 Å². The summed E-state index contributed by atoms with van der Waals surface area (Å²) in [6, 6.07) is 20.1. The van der Waals surface area contributed by atoms with E-state index in [2.05, 4.69) is 50.1 Å². The van der Waals surface area contributed by atoms with Gasteiger partial charge in [0, 0.05) is 68.9 Å². The molecule has 1 aliphatic rings. The second-order valence-corrected chi connectivity index (χ2v) is 18.1. The molecule has 0 bridgehead atoms. The van der Waals surface area contributed by atoms with Crippen molar-refractivity contribution in [2.24, 2.45) is 4.99 Å². The van der Waals surface area contributed by atoms with Crippen molar-refractivity contribution in [3.63, 3.8) is 0 Å². The number of aromatic amines is 1. The summed E-state index contributed by atoms with van der Waals surface area (Å²) in [5.41, 5.74) is 9.10. The van der Waals surface area contributed by atoms with E-state index >= 15 is 0 Å². The molecule has 7 aromatic rings. The predicted molar refractivity (Wildman–Crippen MR) is 252 cm³/mol. The fraction of sp³-hybridized carbons (Fsp3) is 0.292. The minimum absolute atomic E-state index is 0.0456. The number of carbonyl (C=O) groups is 3. The summed E-state index contributed by atoms with van der Waals surface area (Å²) < 4.78 is 3.89. The Balaban J connectivity index is 0.903. The van der Waals surface area contributed by atoms with E-state index in [9.17, 15) is 19.2 Å². The maximum atomic E-state index is 13.7. The van der Waals surface area contributed by atoms with Gasteiger partial charge in [0.15, 0.2) is 5.82 Å². The molecule has 16 heteroatoms. The second-order valence-electron chi connectivity index (χ2n) is 16.5. The number of nitrogens with one attached hydrogen (secondary N) is 4. The highest BCUT2D eigenvalue weighted by atomic mass is 35.5. The summed E-state index contributed by atoms with van der Waals surface area (Å²) in [4.78, 5) is 62.0. The van der Waals surface area contributed by atoms with Crippen molar-refractivity contribution in [1.82, 2.24) is 40.2 Å². The molecule has 1 atom stereocenters. The second kappa shape index (κ2) is 18.2. The van der Waals surface area contributed by atoms with Gasteiger partial charge in [0.25, 0.3) is 11.5 Å². The number of H-pyrrole nitrogens is 1. The lowest BCUT2D eigenvalue weighted by molar-refractivity contribution is -0.122. The summed E-state index contributed by atoms with van der Waals surface area (Å²) in [5.74, 6) is 0.592. The molecular weight excluding hydrogens is 848 g/mol. The molecule has 0 fully saturated rings. The third-order valence-electron chi connectivity index (χ3n) is 11.5. The van der Waals surface area contributed by atoms with Gasteiger partial charge in [0.05, 0.1) is 29.4 Å². The van der Waals surface area contributed by atoms with Gasteiger partial charge in [-0.05, 0) is 120 Å². The first-order valence-electron chi connectivity index (χ1n) is 21.2. The standard InChI is InChI=1S/C48H49ClN10O4S/c1-25(2)59-40-21-33(20-36(38(40)24-52-59)46(62)51-23-37-26(3)19-27(4)53-47(37)63)31-12-16-35(17-13-31)54-41(60)9-8-18-50-42(61)22-39-45-57-56-30(7)58(45)48-43(28(5)29(6)64-48)44(55-39)32-10-14-34(49)15-11-32/h10-17,19-21,24-25,39H,8-9,18,22-23H2,1-7H3,(H,50,61)(H,51,62)(H,53,63)(H,54,60)/t39-/m0/s1.